The molecule has 0 aliphatic carbocycles. The van der Waals surface area contributed by atoms with Crippen molar-refractivity contribution >= 4 is 40.0 Å². The van der Waals surface area contributed by atoms with Crippen molar-refractivity contribution in [2.75, 3.05) is 43.4 Å². The molecule has 0 unspecified atom stereocenters. The van der Waals surface area contributed by atoms with Crippen molar-refractivity contribution in [1.82, 2.24) is 19.9 Å². The van der Waals surface area contributed by atoms with Gasteiger partial charge >= 0.3 is 0 Å². The lowest BCUT2D eigenvalue weighted by Gasteiger charge is -2.34. The maximum absolute atomic E-state index is 12.9. The molecule has 3 heterocycles. The Bertz CT molecular complexity index is 1360. The molecule has 0 saturated carbocycles. The summed E-state index contributed by atoms with van der Waals surface area (Å²) in [5, 5.41) is 4.55. The first-order valence-corrected chi connectivity index (χ1v) is 11.3. The number of aryl methyl sites for hydroxylation is 1. The van der Waals surface area contributed by atoms with Crippen LogP contribution in [-0.2, 0) is 0 Å². The summed E-state index contributed by atoms with van der Waals surface area (Å²) in [6, 6.07) is 15.6. The lowest BCUT2D eigenvalue weighted by Crippen LogP contribution is -2.44. The normalized spacial score (nSPS) is 14.6. The van der Waals surface area contributed by atoms with E-state index in [2.05, 4.69) is 49.2 Å². The number of aromatic amines is 1. The first-order valence-electron chi connectivity index (χ1n) is 10.9. The van der Waals surface area contributed by atoms with Crippen LogP contribution in [0, 0.1) is 6.92 Å². The van der Waals surface area contributed by atoms with E-state index in [-0.39, 0.29) is 5.56 Å². The Morgan fingerprint density at radius 3 is 2.48 bits per heavy atom. The minimum atomic E-state index is -0.228. The van der Waals surface area contributed by atoms with Crippen molar-refractivity contribution in [2.24, 2.45) is 0 Å². The summed E-state index contributed by atoms with van der Waals surface area (Å²) in [5.41, 5.74) is 4.39. The van der Waals surface area contributed by atoms with E-state index >= 15 is 0 Å². The van der Waals surface area contributed by atoms with Gasteiger partial charge in [-0.05, 0) is 49.9 Å². The van der Waals surface area contributed by atoms with Gasteiger partial charge < -0.3 is 20.1 Å². The third-order valence-electron chi connectivity index (χ3n) is 6.16. The van der Waals surface area contributed by atoms with E-state index < -0.39 is 0 Å². The van der Waals surface area contributed by atoms with Crippen molar-refractivity contribution in [3.05, 3.63) is 75.7 Å². The highest BCUT2D eigenvalue weighted by molar-refractivity contribution is 6.33. The summed E-state index contributed by atoms with van der Waals surface area (Å²) in [7, 11) is 2.15. The van der Waals surface area contributed by atoms with Gasteiger partial charge in [0.25, 0.3) is 5.56 Å². The number of halogens is 1. The van der Waals surface area contributed by atoms with E-state index in [0.717, 1.165) is 42.8 Å². The molecule has 1 aliphatic rings. The van der Waals surface area contributed by atoms with E-state index in [9.17, 15) is 4.79 Å². The number of piperazine rings is 1. The Labute approximate surface area is 197 Å². The fourth-order valence-corrected chi connectivity index (χ4v) is 4.45. The van der Waals surface area contributed by atoms with Crippen LogP contribution in [0.2, 0.25) is 5.02 Å². The van der Waals surface area contributed by atoms with Crippen molar-refractivity contribution in [1.29, 1.82) is 0 Å². The van der Waals surface area contributed by atoms with Crippen LogP contribution in [0.25, 0.3) is 22.2 Å². The zero-order valence-corrected chi connectivity index (χ0v) is 19.4. The van der Waals surface area contributed by atoms with E-state index in [4.69, 9.17) is 11.6 Å². The molecule has 0 amide bonds. The maximum atomic E-state index is 12.9. The summed E-state index contributed by atoms with van der Waals surface area (Å²) in [6.45, 7) is 6.09. The molecule has 1 aliphatic heterocycles. The number of rotatable bonds is 4. The topological polar surface area (TPSA) is 77.2 Å². The first-order chi connectivity index (χ1) is 16.0. The molecule has 0 atom stereocenters. The van der Waals surface area contributed by atoms with Crippen LogP contribution in [0.5, 0.6) is 0 Å². The Morgan fingerprint density at radius 1 is 1.03 bits per heavy atom. The van der Waals surface area contributed by atoms with Crippen LogP contribution in [0.15, 0.2) is 59.5 Å². The predicted octanol–water partition coefficient (Wildman–Crippen LogP) is 4.44. The summed E-state index contributed by atoms with van der Waals surface area (Å²) in [6.07, 6.45) is 1.73. The highest BCUT2D eigenvalue weighted by Crippen LogP contribution is 2.30. The van der Waals surface area contributed by atoms with E-state index in [1.54, 1.807) is 12.3 Å². The fourth-order valence-electron chi connectivity index (χ4n) is 4.22. The summed E-state index contributed by atoms with van der Waals surface area (Å²) >= 11 is 6.34. The van der Waals surface area contributed by atoms with Crippen LogP contribution in [-0.4, -0.2) is 53.1 Å². The SMILES string of the molecule is Cc1c(-c2ccccc2Cl)c(=O)[nH]c2nc(Nc3ccc(N4CCN(C)CC4)cc3)ncc12. The number of nitrogens with one attached hydrogen (secondary N) is 2. The second-order valence-corrected chi connectivity index (χ2v) is 8.76. The standard InChI is InChI=1S/C25H25ClN6O/c1-16-20-15-27-25(28-17-7-9-18(10-8-17)32-13-11-31(2)12-14-32)30-23(20)29-24(33)22(16)19-5-3-4-6-21(19)26/h3-10,15H,11-14H2,1-2H3,(H2,27,28,29,30,33). The van der Waals surface area contributed by atoms with Crippen molar-refractivity contribution in [2.45, 2.75) is 6.92 Å². The smallest absolute Gasteiger partial charge is 0.257 e. The Morgan fingerprint density at radius 2 is 1.76 bits per heavy atom. The molecule has 2 aromatic carbocycles. The third-order valence-corrected chi connectivity index (χ3v) is 6.49. The minimum Gasteiger partial charge on any atom is -0.369 e. The quantitative estimate of drug-likeness (QED) is 0.468. The Kier molecular flexibility index (Phi) is 5.74. The molecule has 2 N–H and O–H groups in total. The average molecular weight is 461 g/mol. The molecule has 0 radical (unpaired) electrons. The number of fused-ring (bicyclic) bond motifs is 1. The number of hydrogen-bond acceptors (Lipinski definition) is 6. The lowest BCUT2D eigenvalue weighted by atomic mass is 10.0. The van der Waals surface area contributed by atoms with Crippen molar-refractivity contribution < 1.29 is 0 Å². The molecule has 0 spiro atoms. The van der Waals surface area contributed by atoms with Gasteiger partial charge in [-0.3, -0.25) is 4.79 Å². The van der Waals surface area contributed by atoms with Crippen molar-refractivity contribution in [3.8, 4) is 11.1 Å². The van der Waals surface area contributed by atoms with Gasteiger partial charge in [-0.25, -0.2) is 4.98 Å². The number of H-pyrrole nitrogens is 1. The van der Waals surface area contributed by atoms with Gasteiger partial charge in [0.05, 0.1) is 5.56 Å². The van der Waals surface area contributed by atoms with E-state index in [1.165, 1.54) is 5.69 Å². The Balaban J connectivity index is 1.40. The van der Waals surface area contributed by atoms with Gasteiger partial charge in [-0.1, -0.05) is 29.8 Å². The van der Waals surface area contributed by atoms with E-state index in [1.807, 2.05) is 37.3 Å². The molecule has 1 saturated heterocycles. The molecule has 1 fully saturated rings. The van der Waals surface area contributed by atoms with Gasteiger partial charge in [0, 0.05) is 59.7 Å². The van der Waals surface area contributed by atoms with Crippen LogP contribution in [0.1, 0.15) is 5.56 Å². The monoisotopic (exact) mass is 460 g/mol. The molecule has 2 aromatic heterocycles. The highest BCUT2D eigenvalue weighted by Gasteiger charge is 2.16. The van der Waals surface area contributed by atoms with Crippen LogP contribution < -0.4 is 15.8 Å². The van der Waals surface area contributed by atoms with Gasteiger partial charge in [-0.15, -0.1) is 0 Å². The molecule has 33 heavy (non-hydrogen) atoms. The number of nitrogens with zero attached hydrogens (tertiary/aromatic N) is 4. The fraction of sp³-hybridized carbons (Fsp3) is 0.240. The molecule has 8 heteroatoms. The van der Waals surface area contributed by atoms with Crippen molar-refractivity contribution in [3.63, 3.8) is 0 Å². The third kappa shape index (κ3) is 4.29. The van der Waals surface area contributed by atoms with Gasteiger partial charge in [0.1, 0.15) is 5.65 Å². The average Bonchev–Trinajstić information content (AvgIpc) is 2.81. The molecular formula is C25H25ClN6O. The molecule has 0 bridgehead atoms. The number of anilines is 3. The second kappa shape index (κ2) is 8.84. The van der Waals surface area contributed by atoms with Gasteiger partial charge in [0.15, 0.2) is 0 Å². The molecule has 5 rings (SSSR count). The first kappa shape index (κ1) is 21.4. The number of benzene rings is 2. The molecular weight excluding hydrogens is 436 g/mol. The zero-order valence-electron chi connectivity index (χ0n) is 18.6. The van der Waals surface area contributed by atoms with E-state index in [0.29, 0.717) is 27.7 Å². The number of hydrogen-bond donors (Lipinski definition) is 2. The van der Waals surface area contributed by atoms with Crippen LogP contribution in [0.3, 0.4) is 0 Å². The molecule has 7 nitrogen and oxygen atoms in total. The Hall–Kier alpha value is -3.42. The number of likely N-dealkylation sites (N-methyl/N-ethyl adjacent to an activating group) is 1. The zero-order chi connectivity index (χ0) is 22.9. The summed E-state index contributed by atoms with van der Waals surface area (Å²) < 4.78 is 0. The summed E-state index contributed by atoms with van der Waals surface area (Å²) in [4.78, 5) is 29.5. The van der Waals surface area contributed by atoms with Crippen LogP contribution in [0.4, 0.5) is 17.3 Å². The van der Waals surface area contributed by atoms with Gasteiger partial charge in [-0.2, -0.15) is 4.98 Å². The number of pyridine rings is 1. The molecule has 4 aromatic rings. The minimum absolute atomic E-state index is 0.228. The highest BCUT2D eigenvalue weighted by atomic mass is 35.5. The lowest BCUT2D eigenvalue weighted by molar-refractivity contribution is 0.313. The summed E-state index contributed by atoms with van der Waals surface area (Å²) in [5.74, 6) is 0.426. The number of aromatic nitrogens is 3. The second-order valence-electron chi connectivity index (χ2n) is 8.35. The maximum Gasteiger partial charge on any atom is 0.257 e. The van der Waals surface area contributed by atoms with Crippen LogP contribution >= 0.6 is 11.6 Å². The molecule has 168 valence electrons. The predicted molar refractivity (Wildman–Crippen MR) is 135 cm³/mol. The van der Waals surface area contributed by atoms with Gasteiger partial charge in [0.2, 0.25) is 5.95 Å². The largest absolute Gasteiger partial charge is 0.369 e.